The molecular formula is B72. The van der Waals surface area contributed by atoms with Crippen molar-refractivity contribution in [3.05, 3.63) is 0 Å². The van der Waals surface area contributed by atoms with E-state index in [1.807, 2.05) is 0 Å². The Balaban J connectivity index is 11.1. The third-order valence-corrected chi connectivity index (χ3v) is 14.9. The first-order chi connectivity index (χ1) is 32.8. The lowest BCUT2D eigenvalue weighted by Crippen LogP contribution is -2.94. The molecule has 0 fully saturated rings. The fourth-order valence-electron chi connectivity index (χ4n) is 12.2. The SMILES string of the molecule is [B][B]B([B])B(B([B])[B])B(B([B]B(B(B(B([B])[B])B([B])[B])B(B([B])[B])B([B])[B])B(B(B([B])[B])B([B])[B])B(B([B])[B])B([B])[B])B(B(B([B])[B])B([B])[B])B(B([B])[B])B([B])[B])B(B(B([B])[B])B([B])[B])B(B([B])[B])B([B])[B]. The van der Waals surface area contributed by atoms with Gasteiger partial charge in [0.25, 0.3) is 0 Å². The van der Waals surface area contributed by atoms with Gasteiger partial charge in [-0.25, -0.2) is 0 Å². The second-order valence-electron chi connectivity index (χ2n) is 20.0. The van der Waals surface area contributed by atoms with Gasteiger partial charge in [-0.05, 0) is 0 Å². The normalized spacial score (nSPS) is 9.72. The predicted molar refractivity (Wildman–Crippen MR) is 414 cm³/mol. The molecule has 0 aromatic carbocycles. The molecule has 0 bridgehead atoms. The molecule has 216 valence electrons. The first-order valence-electron chi connectivity index (χ1n) is 23.7. The van der Waals surface area contributed by atoms with E-state index < -0.39 is 217 Å². The summed E-state index contributed by atoms with van der Waals surface area (Å²) >= 11 is 0. The summed E-state index contributed by atoms with van der Waals surface area (Å²) in [6.45, 7) is 0. The monoisotopic (exact) mass is 793 g/mol. The van der Waals surface area contributed by atoms with Crippen LogP contribution in [-0.4, -0.2) is 510 Å². The zero-order valence-corrected chi connectivity index (χ0v) is 41.6. The van der Waals surface area contributed by atoms with Crippen LogP contribution in [0.1, 0.15) is 0 Å². The topological polar surface area (TPSA) is 0 Å². The van der Waals surface area contributed by atoms with Crippen LogP contribution in [0, 0.1) is 0 Å². The van der Waals surface area contributed by atoms with Gasteiger partial charge in [0.1, 0.15) is 0 Å². The lowest BCUT2D eigenvalue weighted by Gasteiger charge is -2.56. The van der Waals surface area contributed by atoms with E-state index in [9.17, 15) is 0 Å². The van der Waals surface area contributed by atoms with Gasteiger partial charge in [-0.1, -0.05) is 0 Å². The summed E-state index contributed by atoms with van der Waals surface area (Å²) in [5, 5.41) is 0. The average molecular weight is 778 g/mol. The zero-order chi connectivity index (χ0) is 57.0. The van der Waals surface area contributed by atoms with E-state index >= 15 is 0 Å². The van der Waals surface area contributed by atoms with Crippen molar-refractivity contribution in [2.75, 3.05) is 0 Å². The maximum Gasteiger partial charge on any atom is 0 e. The maximum atomic E-state index is 6.99. The van der Waals surface area contributed by atoms with Gasteiger partial charge in [0.05, 0.1) is 0 Å². The van der Waals surface area contributed by atoms with Crippen LogP contribution in [0.15, 0.2) is 0 Å². The van der Waals surface area contributed by atoms with Crippen LogP contribution in [-0.2, 0) is 0 Å². The Morgan fingerprint density at radius 2 is 0.278 bits per heavy atom. The summed E-state index contributed by atoms with van der Waals surface area (Å²) in [5.74, 6) is 0. The molecule has 72 heavy (non-hydrogen) atoms. The molecule has 0 spiro atoms. The third kappa shape index (κ3) is 21.1. The molecule has 0 amide bonds. The fourth-order valence-corrected chi connectivity index (χ4v) is 12.2. The average Bonchev–Trinajstić information content (AvgIpc) is 3.17. The van der Waals surface area contributed by atoms with Crippen molar-refractivity contribution in [2.24, 2.45) is 0 Å². The van der Waals surface area contributed by atoms with Crippen LogP contribution < -0.4 is 0 Å². The lowest BCUT2D eigenvalue weighted by atomic mass is 8.25. The van der Waals surface area contributed by atoms with Gasteiger partial charge in [-0.15, -0.1) is 0 Å². The van der Waals surface area contributed by atoms with E-state index in [1.54, 1.807) is 7.06 Å². The second kappa shape index (κ2) is 35.7. The van der Waals surface area contributed by atoms with Gasteiger partial charge in [0.2, 0.25) is 0 Å². The third-order valence-electron chi connectivity index (χ3n) is 14.9. The van der Waals surface area contributed by atoms with Crippen molar-refractivity contribution in [2.45, 2.75) is 0 Å². The van der Waals surface area contributed by atoms with Crippen molar-refractivity contribution >= 4 is 510 Å². The lowest BCUT2D eigenvalue weighted by molar-refractivity contribution is 3.19. The van der Waals surface area contributed by atoms with Crippen molar-refractivity contribution < 1.29 is 0 Å². The number of hydrogen-bond acceptors (Lipinski definition) is 0. The quantitative estimate of drug-likeness (QED) is 0.0562. The predicted octanol–water partition coefficient (Wildman–Crippen LogP) is -27.4. The van der Waals surface area contributed by atoms with Crippen LogP contribution in [0.2, 0.25) is 0 Å². The molecule has 74 radical (unpaired) electrons. The molecule has 0 aliphatic heterocycles. The maximum absolute atomic E-state index is 6.99. The molecule has 0 aromatic heterocycles. The van der Waals surface area contributed by atoms with Crippen molar-refractivity contribution in [3.8, 4) is 0 Å². The summed E-state index contributed by atoms with van der Waals surface area (Å²) in [6.07, 6.45) is -49.5. The van der Waals surface area contributed by atoms with Gasteiger partial charge >= 0.3 is 0 Å². The summed E-state index contributed by atoms with van der Waals surface area (Å²) < 4.78 is 0. The van der Waals surface area contributed by atoms with Crippen LogP contribution in [0.5, 0.6) is 0 Å². The number of hydrogen-bond donors (Lipinski definition) is 0. The summed E-state index contributed by atoms with van der Waals surface area (Å²) in [6, 6.07) is 0. The molecule has 0 aromatic rings. The highest BCUT2D eigenvalue weighted by atomic mass is 13.4. The molecule has 0 heterocycles. The molecule has 0 nitrogen and oxygen atoms in total. The van der Waals surface area contributed by atoms with Crippen LogP contribution in [0.4, 0.5) is 0 Å². The Hall–Kier alpha value is 4.68. The van der Waals surface area contributed by atoms with E-state index in [1.165, 1.54) is 0 Å². The highest BCUT2D eigenvalue weighted by Crippen LogP contribution is 2.22. The smallest absolute Gasteiger partial charge is 0 e. The summed E-state index contributed by atoms with van der Waals surface area (Å²) in [5.41, 5.74) is 0. The van der Waals surface area contributed by atoms with E-state index in [0.717, 1.165) is 7.06 Å². The first kappa shape index (κ1) is 76.7. The van der Waals surface area contributed by atoms with Crippen LogP contribution in [0.3, 0.4) is 0 Å². The molecule has 0 aliphatic rings. The molecular weight excluding hydrogens is 778 g/mol. The molecule has 0 saturated heterocycles. The standard InChI is InChI=1S/B72/c1-37-56(36)67(55(34)35)71(72(65(51(26)27)52(28)29)66(53(30)31)54(32)33)58(70(63(47(18)19)48(20)21)64(49(22)23)50(24)25)38-57(68(59(39(2)3)40(4)5)60(41(6)7)42(8)9)69(61(43(10)11)44(12)13)62(45(14)15)46(16)17. The molecule has 0 saturated carbocycles. The Morgan fingerprint density at radius 1 is 0.153 bits per heavy atom. The Morgan fingerprint density at radius 3 is 0.403 bits per heavy atom. The molecule has 0 atom stereocenters. The summed E-state index contributed by atoms with van der Waals surface area (Å²) in [7, 11) is 243. The minimum atomic E-state index is -1.57. The van der Waals surface area contributed by atoms with Crippen molar-refractivity contribution in [1.29, 1.82) is 0 Å². The number of rotatable bonds is 35. The fraction of sp³-hybridized carbons (Fsp3) is 0. The Bertz CT molecular complexity index is 1170. The molecule has 0 rings (SSSR count). The van der Waals surface area contributed by atoms with Crippen molar-refractivity contribution in [3.63, 3.8) is 0 Å². The van der Waals surface area contributed by atoms with Crippen LogP contribution >= 0.6 is 0 Å². The Labute approximate surface area is 505 Å². The molecule has 72 heteroatoms. The van der Waals surface area contributed by atoms with Crippen molar-refractivity contribution in [1.82, 2.24) is 0 Å². The van der Waals surface area contributed by atoms with E-state index in [-0.39, 0.29) is 0 Å². The van der Waals surface area contributed by atoms with Gasteiger partial charge in [-0.2, -0.15) is 0 Å². The first-order valence-corrected chi connectivity index (χ1v) is 23.7. The van der Waals surface area contributed by atoms with E-state index in [4.69, 9.17) is 279 Å². The zero-order valence-electron chi connectivity index (χ0n) is 41.6. The largest absolute Gasteiger partial charge is 0 e. The molecule has 0 N–H and O–H groups in total. The molecule has 0 aliphatic carbocycles. The second-order valence-corrected chi connectivity index (χ2v) is 20.0. The van der Waals surface area contributed by atoms with Gasteiger partial charge in [0, 0.05) is 510 Å². The molecule has 0 unspecified atom stereocenters. The minimum absolute atomic E-state index is 1.08. The Kier molecular flexibility index (Phi) is 38.1. The van der Waals surface area contributed by atoms with E-state index in [2.05, 4.69) is 0 Å². The van der Waals surface area contributed by atoms with Crippen LogP contribution in [0.25, 0.3) is 0 Å². The van der Waals surface area contributed by atoms with Gasteiger partial charge in [0.15, 0.2) is 0 Å². The van der Waals surface area contributed by atoms with Gasteiger partial charge < -0.3 is 0 Å². The minimum Gasteiger partial charge on any atom is 0 e. The highest BCUT2D eigenvalue weighted by Gasteiger charge is 2.60. The highest BCUT2D eigenvalue weighted by molar-refractivity contribution is 8.36. The van der Waals surface area contributed by atoms with E-state index in [0.29, 0.717) is 0 Å². The van der Waals surface area contributed by atoms with Gasteiger partial charge in [-0.3, -0.25) is 0 Å². The summed E-state index contributed by atoms with van der Waals surface area (Å²) in [4.78, 5) is 0.